The maximum atomic E-state index is 12.4. The molecule has 0 spiro atoms. The number of hydrogen-bond donors (Lipinski definition) is 13. The van der Waals surface area contributed by atoms with E-state index in [4.69, 9.17) is 18.9 Å². The number of nitrogens with one attached hydrogen (secondary N) is 3. The molecule has 2 aromatic carbocycles. The standard InChI is InChI=1S/C37H53N3O16/c41-18-26-30(47)32(49)34(51)36(55-26)53-24-16-20(4-8-22(24)43)6-10-28(45)39-14-2-1-12-38-13-3-15-40-29(46)11-7-21-5-9-23(44)25(17-21)54-37-35(52)33(50)31(48)27(19-42)56-37/h4-5,7-9,11,16-17,26-27,30-38,41-44,47-52H,1-3,6,10,12-15,18-19H2,(H,39,45)(H,40,46)/b11-7+/t26-,27-,30-,31-,32+,33+,34-,35-,36-,37-/m1/s1. The smallest absolute Gasteiger partial charge is 0.243 e. The van der Waals surface area contributed by atoms with E-state index >= 15 is 0 Å². The van der Waals surface area contributed by atoms with Crippen LogP contribution in [0.2, 0.25) is 0 Å². The number of carbonyl (C=O) groups is 2. The van der Waals surface area contributed by atoms with Crippen LogP contribution in [0.25, 0.3) is 6.08 Å². The van der Waals surface area contributed by atoms with Crippen molar-refractivity contribution in [1.29, 1.82) is 0 Å². The van der Waals surface area contributed by atoms with E-state index in [9.17, 15) is 60.7 Å². The summed E-state index contributed by atoms with van der Waals surface area (Å²) < 4.78 is 21.7. The molecule has 19 heteroatoms. The van der Waals surface area contributed by atoms with Gasteiger partial charge in [0.15, 0.2) is 23.0 Å². The first-order chi connectivity index (χ1) is 26.8. The Labute approximate surface area is 322 Å². The van der Waals surface area contributed by atoms with E-state index in [0.29, 0.717) is 50.1 Å². The van der Waals surface area contributed by atoms with Crippen molar-refractivity contribution >= 4 is 17.9 Å². The molecule has 56 heavy (non-hydrogen) atoms. The zero-order chi connectivity index (χ0) is 40.8. The number of aromatic hydroxyl groups is 2. The highest BCUT2D eigenvalue weighted by Gasteiger charge is 2.46. The minimum Gasteiger partial charge on any atom is -0.504 e. The fraction of sp³-hybridized carbons (Fsp3) is 0.568. The number of amides is 2. The van der Waals surface area contributed by atoms with Crippen LogP contribution in [0.5, 0.6) is 23.0 Å². The second-order valence-corrected chi connectivity index (χ2v) is 13.4. The third-order valence-electron chi connectivity index (χ3n) is 9.19. The number of aryl methyl sites for hydroxylation is 1. The molecule has 312 valence electrons. The van der Waals surface area contributed by atoms with Crippen LogP contribution in [-0.2, 0) is 25.5 Å². The van der Waals surface area contributed by atoms with Gasteiger partial charge in [-0.25, -0.2) is 0 Å². The van der Waals surface area contributed by atoms with Crippen LogP contribution in [0.3, 0.4) is 0 Å². The Kier molecular flexibility index (Phi) is 17.5. The van der Waals surface area contributed by atoms with Gasteiger partial charge in [-0.15, -0.1) is 0 Å². The van der Waals surface area contributed by atoms with E-state index in [-0.39, 0.29) is 41.2 Å². The zero-order valence-electron chi connectivity index (χ0n) is 30.6. The molecular formula is C37H53N3O16. The molecule has 0 aromatic heterocycles. The van der Waals surface area contributed by atoms with Gasteiger partial charge in [-0.1, -0.05) is 12.1 Å². The Balaban J connectivity index is 1.05. The van der Waals surface area contributed by atoms with Crippen molar-refractivity contribution < 1.29 is 79.6 Å². The molecule has 0 unspecified atom stereocenters. The molecule has 0 bridgehead atoms. The predicted molar refractivity (Wildman–Crippen MR) is 195 cm³/mol. The molecule has 19 nitrogen and oxygen atoms in total. The highest BCUT2D eigenvalue weighted by atomic mass is 16.7. The summed E-state index contributed by atoms with van der Waals surface area (Å²) in [6.07, 6.45) is -9.49. The van der Waals surface area contributed by atoms with Crippen molar-refractivity contribution in [1.82, 2.24) is 16.0 Å². The van der Waals surface area contributed by atoms with Gasteiger partial charge in [0, 0.05) is 25.6 Å². The van der Waals surface area contributed by atoms with Crippen molar-refractivity contribution in [2.45, 2.75) is 93.5 Å². The molecule has 13 N–H and O–H groups in total. The molecular weight excluding hydrogens is 742 g/mol. The minimum atomic E-state index is -1.66. The summed E-state index contributed by atoms with van der Waals surface area (Å²) >= 11 is 0. The highest BCUT2D eigenvalue weighted by Crippen LogP contribution is 2.33. The summed E-state index contributed by atoms with van der Waals surface area (Å²) in [4.78, 5) is 24.7. The van der Waals surface area contributed by atoms with E-state index in [1.54, 1.807) is 6.07 Å². The summed E-state index contributed by atoms with van der Waals surface area (Å²) in [5, 5.41) is 108. The first kappa shape index (κ1) is 44.6. The molecule has 0 radical (unpaired) electrons. The first-order valence-electron chi connectivity index (χ1n) is 18.4. The van der Waals surface area contributed by atoms with Gasteiger partial charge in [0.2, 0.25) is 24.4 Å². The second kappa shape index (κ2) is 22.0. The molecule has 4 rings (SSSR count). The van der Waals surface area contributed by atoms with Crippen LogP contribution in [0.4, 0.5) is 0 Å². The van der Waals surface area contributed by atoms with E-state index in [1.807, 2.05) is 0 Å². The van der Waals surface area contributed by atoms with Crippen LogP contribution in [-0.4, -0.2) is 164 Å². The normalized spacial score (nSPS) is 27.9. The molecule has 2 saturated heterocycles. The fourth-order valence-electron chi connectivity index (χ4n) is 5.85. The van der Waals surface area contributed by atoms with Gasteiger partial charge in [0.05, 0.1) is 13.2 Å². The van der Waals surface area contributed by atoms with Gasteiger partial charge in [-0.05, 0) is 80.2 Å². The summed E-state index contributed by atoms with van der Waals surface area (Å²) in [5.74, 6) is -1.26. The third-order valence-corrected chi connectivity index (χ3v) is 9.19. The van der Waals surface area contributed by atoms with Crippen molar-refractivity contribution in [3.05, 3.63) is 53.6 Å². The van der Waals surface area contributed by atoms with E-state index in [0.717, 1.165) is 12.8 Å². The zero-order valence-corrected chi connectivity index (χ0v) is 30.6. The lowest BCUT2D eigenvalue weighted by Gasteiger charge is -2.39. The molecule has 2 aliphatic rings. The molecule has 2 heterocycles. The third kappa shape index (κ3) is 12.7. The highest BCUT2D eigenvalue weighted by molar-refractivity contribution is 5.91. The lowest BCUT2D eigenvalue weighted by Crippen LogP contribution is -2.60. The number of rotatable bonds is 20. The quantitative estimate of drug-likeness (QED) is 0.0472. The maximum Gasteiger partial charge on any atom is 0.243 e. The van der Waals surface area contributed by atoms with Crippen molar-refractivity contribution in [3.63, 3.8) is 0 Å². The molecule has 2 fully saturated rings. The SMILES string of the molecule is O=C(/C=C/c1ccc(O)c(O[C@@H]2O[C@H](CO)[C@@H](O)[C@H](O)[C@H]2O)c1)NCCCNCCCCNC(=O)CCc1ccc(O)c(O[C@@H]2O[C@H](CO)[C@@H](O)[C@H](O)[C@H]2O)c1. The summed E-state index contributed by atoms with van der Waals surface area (Å²) in [6, 6.07) is 8.67. The van der Waals surface area contributed by atoms with Crippen LogP contribution < -0.4 is 25.4 Å². The van der Waals surface area contributed by atoms with Crippen LogP contribution in [0.1, 0.15) is 36.8 Å². The number of unbranched alkanes of at least 4 members (excludes halogenated alkanes) is 1. The van der Waals surface area contributed by atoms with Crippen molar-refractivity contribution in [2.75, 3.05) is 39.4 Å². The number of aliphatic hydroxyl groups is 8. The van der Waals surface area contributed by atoms with E-state index < -0.39 is 74.6 Å². The second-order valence-electron chi connectivity index (χ2n) is 13.4. The number of aliphatic hydroxyl groups excluding tert-OH is 8. The molecule has 10 atom stereocenters. The number of benzene rings is 2. The molecule has 2 aliphatic heterocycles. The van der Waals surface area contributed by atoms with Gasteiger partial charge < -0.3 is 86.0 Å². The number of carbonyl (C=O) groups excluding carboxylic acids is 2. The van der Waals surface area contributed by atoms with E-state index in [1.165, 1.54) is 42.5 Å². The van der Waals surface area contributed by atoms with Crippen molar-refractivity contribution in [3.8, 4) is 23.0 Å². The van der Waals surface area contributed by atoms with Gasteiger partial charge in [0.1, 0.15) is 48.8 Å². The topological polar surface area (TPSA) is 309 Å². The van der Waals surface area contributed by atoms with Gasteiger partial charge in [-0.2, -0.15) is 0 Å². The fourth-order valence-corrected chi connectivity index (χ4v) is 5.85. The van der Waals surface area contributed by atoms with Crippen LogP contribution >= 0.6 is 0 Å². The number of ether oxygens (including phenoxy) is 4. The summed E-state index contributed by atoms with van der Waals surface area (Å²) in [5.41, 5.74) is 1.13. The average Bonchev–Trinajstić information content (AvgIpc) is 3.19. The Bertz CT molecular complexity index is 1580. The maximum absolute atomic E-state index is 12.4. The number of phenols is 2. The van der Waals surface area contributed by atoms with Crippen LogP contribution in [0, 0.1) is 0 Å². The molecule has 0 aliphatic carbocycles. The first-order valence-corrected chi connectivity index (χ1v) is 18.4. The van der Waals surface area contributed by atoms with E-state index in [2.05, 4.69) is 16.0 Å². The summed E-state index contributed by atoms with van der Waals surface area (Å²) in [6.45, 7) is 0.996. The summed E-state index contributed by atoms with van der Waals surface area (Å²) in [7, 11) is 0. The Morgan fingerprint density at radius 2 is 1.20 bits per heavy atom. The van der Waals surface area contributed by atoms with Gasteiger partial charge in [-0.3, -0.25) is 9.59 Å². The molecule has 2 amide bonds. The minimum absolute atomic E-state index is 0.0638. The predicted octanol–water partition coefficient (Wildman–Crippen LogP) is -2.91. The average molecular weight is 796 g/mol. The lowest BCUT2D eigenvalue weighted by atomic mass is 9.99. The monoisotopic (exact) mass is 795 g/mol. The van der Waals surface area contributed by atoms with Gasteiger partial charge in [0.25, 0.3) is 0 Å². The number of hydrogen-bond acceptors (Lipinski definition) is 17. The molecule has 0 saturated carbocycles. The Morgan fingerprint density at radius 1 is 0.661 bits per heavy atom. The van der Waals surface area contributed by atoms with Crippen molar-refractivity contribution in [2.24, 2.45) is 0 Å². The molecule has 2 aromatic rings. The Hall–Kier alpha value is -4.12. The largest absolute Gasteiger partial charge is 0.504 e. The Morgan fingerprint density at radius 3 is 1.80 bits per heavy atom. The lowest BCUT2D eigenvalue weighted by molar-refractivity contribution is -0.277. The number of phenolic OH excluding ortho intramolecular Hbond substituents is 2. The van der Waals surface area contributed by atoms with Crippen LogP contribution in [0.15, 0.2) is 42.5 Å². The van der Waals surface area contributed by atoms with Gasteiger partial charge >= 0.3 is 0 Å².